The van der Waals surface area contributed by atoms with Crippen molar-refractivity contribution in [3.05, 3.63) is 41.5 Å². The van der Waals surface area contributed by atoms with E-state index in [0.29, 0.717) is 12.5 Å². The van der Waals surface area contributed by atoms with E-state index in [1.165, 1.54) is 16.8 Å². The summed E-state index contributed by atoms with van der Waals surface area (Å²) >= 11 is 0. The summed E-state index contributed by atoms with van der Waals surface area (Å²) in [5.41, 5.74) is 3.64. The molecule has 1 saturated carbocycles. The Morgan fingerprint density at radius 1 is 1.23 bits per heavy atom. The summed E-state index contributed by atoms with van der Waals surface area (Å²) in [4.78, 5) is 17.7. The van der Waals surface area contributed by atoms with Gasteiger partial charge in [0.05, 0.1) is 12.0 Å². The van der Waals surface area contributed by atoms with Gasteiger partial charge in [0.2, 0.25) is 0 Å². The van der Waals surface area contributed by atoms with Crippen LogP contribution in [0, 0.1) is 30.1 Å². The van der Waals surface area contributed by atoms with Crippen LogP contribution in [0.15, 0.2) is 35.9 Å². The monoisotopic (exact) mass is 424 g/mol. The Morgan fingerprint density at radius 3 is 2.74 bits per heavy atom. The Balaban J connectivity index is 1.28. The molecular weight excluding hydrogens is 388 g/mol. The fraction of sp³-hybridized carbons (Fsp3) is 0.654. The molecule has 0 spiro atoms. The van der Waals surface area contributed by atoms with Gasteiger partial charge in [-0.2, -0.15) is 0 Å². The van der Waals surface area contributed by atoms with Crippen LogP contribution in [0.1, 0.15) is 38.7 Å². The molecule has 2 heterocycles. The third kappa shape index (κ3) is 3.50. The minimum absolute atomic E-state index is 0.0926. The summed E-state index contributed by atoms with van der Waals surface area (Å²) in [5.74, 6) is 0.00589. The summed E-state index contributed by atoms with van der Waals surface area (Å²) in [6, 6.07) is 8.67. The smallest absolute Gasteiger partial charge is 0.311 e. The predicted octanol–water partition coefficient (Wildman–Crippen LogP) is 3.40. The van der Waals surface area contributed by atoms with E-state index in [1.807, 2.05) is 0 Å². The number of aryl methyl sites for hydroxylation is 1. The molecule has 3 fully saturated rings. The van der Waals surface area contributed by atoms with Crippen LogP contribution in [0.4, 0.5) is 5.69 Å². The van der Waals surface area contributed by atoms with Crippen molar-refractivity contribution in [3.63, 3.8) is 0 Å². The van der Waals surface area contributed by atoms with Crippen LogP contribution in [-0.4, -0.2) is 60.9 Å². The lowest BCUT2D eigenvalue weighted by Crippen LogP contribution is -2.55. The van der Waals surface area contributed by atoms with Crippen molar-refractivity contribution in [1.82, 2.24) is 4.90 Å². The summed E-state index contributed by atoms with van der Waals surface area (Å²) in [5, 5.41) is 11.5. The van der Waals surface area contributed by atoms with E-state index in [-0.39, 0.29) is 29.3 Å². The van der Waals surface area contributed by atoms with Crippen LogP contribution in [0.3, 0.4) is 0 Å². The number of aliphatic hydroxyl groups excluding tert-OH is 1. The number of allylic oxidation sites excluding steroid dienone is 1. The van der Waals surface area contributed by atoms with Crippen molar-refractivity contribution in [2.24, 2.45) is 23.2 Å². The molecule has 0 radical (unpaired) electrons. The summed E-state index contributed by atoms with van der Waals surface area (Å²) in [7, 11) is 0. The number of carbonyl (C=O) groups excluding carboxylic acids is 1. The molecule has 31 heavy (non-hydrogen) atoms. The Bertz CT molecular complexity index is 875. The van der Waals surface area contributed by atoms with Gasteiger partial charge in [-0.1, -0.05) is 37.6 Å². The van der Waals surface area contributed by atoms with Crippen LogP contribution in [0.5, 0.6) is 0 Å². The number of piperazine rings is 1. The van der Waals surface area contributed by atoms with Gasteiger partial charge >= 0.3 is 5.97 Å². The summed E-state index contributed by atoms with van der Waals surface area (Å²) < 4.78 is 5.85. The van der Waals surface area contributed by atoms with Gasteiger partial charge in [0.25, 0.3) is 0 Å². The molecule has 2 aliphatic carbocycles. The minimum Gasteiger partial charge on any atom is -0.461 e. The van der Waals surface area contributed by atoms with Gasteiger partial charge in [-0.15, -0.1) is 0 Å². The van der Waals surface area contributed by atoms with E-state index in [2.05, 4.69) is 60.9 Å². The highest BCUT2D eigenvalue weighted by molar-refractivity contribution is 5.76. The normalized spacial score (nSPS) is 38.3. The fourth-order valence-electron chi connectivity index (χ4n) is 6.57. The van der Waals surface area contributed by atoms with Gasteiger partial charge in [0.1, 0.15) is 6.10 Å². The topological polar surface area (TPSA) is 53.0 Å². The second-order valence-electron chi connectivity index (χ2n) is 10.4. The third-order valence-electron chi connectivity index (χ3n) is 8.76. The van der Waals surface area contributed by atoms with Crippen molar-refractivity contribution in [3.8, 4) is 0 Å². The molecule has 6 atom stereocenters. The zero-order valence-corrected chi connectivity index (χ0v) is 19.1. The van der Waals surface area contributed by atoms with Gasteiger partial charge in [-0.3, -0.25) is 9.69 Å². The van der Waals surface area contributed by atoms with Gasteiger partial charge in [0, 0.05) is 56.2 Å². The maximum Gasteiger partial charge on any atom is 0.311 e. The number of hydrogen-bond acceptors (Lipinski definition) is 5. The highest BCUT2D eigenvalue weighted by Gasteiger charge is 2.59. The standard InChI is InChI=1S/C26H36N2O3/c1-17-6-4-9-20(14-17)28-12-10-27(11-13-28)16-21-23-22(31-25(21)30)15-19-8-5-7-18(2)26(19,3)24(23)29/h4,6,8-9,14,18,21-24,29H,5,7,10-13,15-16H2,1-3H3/t18-,21-,22+,23-,24+,26+/m0/s1. The molecule has 4 aliphatic rings. The molecule has 5 heteroatoms. The first-order chi connectivity index (χ1) is 14.9. The molecule has 0 amide bonds. The zero-order valence-electron chi connectivity index (χ0n) is 19.1. The lowest BCUT2D eigenvalue weighted by molar-refractivity contribution is -0.145. The Kier molecular flexibility index (Phi) is 5.38. The molecule has 2 saturated heterocycles. The van der Waals surface area contributed by atoms with Crippen LogP contribution < -0.4 is 4.90 Å². The van der Waals surface area contributed by atoms with E-state index < -0.39 is 6.10 Å². The highest BCUT2D eigenvalue weighted by atomic mass is 16.6. The van der Waals surface area contributed by atoms with Crippen molar-refractivity contribution in [2.75, 3.05) is 37.6 Å². The maximum absolute atomic E-state index is 12.9. The SMILES string of the molecule is Cc1cccc(N2CCN(C[C@@H]3C(=O)O[C@@H]4CC5=CCC[C@H](C)[C@@]5(C)[C@H](O)[C@@H]34)CC2)c1. The first-order valence-corrected chi connectivity index (χ1v) is 12.0. The predicted molar refractivity (Wildman–Crippen MR) is 122 cm³/mol. The van der Waals surface area contributed by atoms with E-state index in [4.69, 9.17) is 4.74 Å². The number of carbonyl (C=O) groups is 1. The molecule has 0 bridgehead atoms. The summed E-state index contributed by atoms with van der Waals surface area (Å²) in [6.45, 7) is 11.1. The molecule has 1 aromatic rings. The van der Waals surface area contributed by atoms with E-state index >= 15 is 0 Å². The number of aliphatic hydroxyl groups is 1. The Labute approximate surface area is 186 Å². The largest absolute Gasteiger partial charge is 0.461 e. The molecule has 2 aliphatic heterocycles. The second-order valence-corrected chi connectivity index (χ2v) is 10.4. The molecule has 0 unspecified atom stereocenters. The molecule has 5 rings (SSSR count). The number of anilines is 1. The number of nitrogens with zero attached hydrogens (tertiary/aromatic N) is 2. The van der Waals surface area contributed by atoms with Gasteiger partial charge < -0.3 is 14.7 Å². The number of rotatable bonds is 3. The quantitative estimate of drug-likeness (QED) is 0.595. The molecule has 5 nitrogen and oxygen atoms in total. The number of benzene rings is 1. The number of ether oxygens (including phenoxy) is 1. The third-order valence-corrected chi connectivity index (χ3v) is 8.76. The summed E-state index contributed by atoms with van der Waals surface area (Å²) in [6.07, 6.45) is 4.59. The molecule has 0 aromatic heterocycles. The van der Waals surface area contributed by atoms with Gasteiger partial charge in [-0.25, -0.2) is 0 Å². The molecule has 1 aromatic carbocycles. The van der Waals surface area contributed by atoms with Crippen LogP contribution >= 0.6 is 0 Å². The van der Waals surface area contributed by atoms with E-state index in [9.17, 15) is 9.90 Å². The van der Waals surface area contributed by atoms with Gasteiger partial charge in [-0.05, 0) is 43.4 Å². The van der Waals surface area contributed by atoms with E-state index in [1.54, 1.807) is 0 Å². The second kappa shape index (κ2) is 7.93. The fourth-order valence-corrected chi connectivity index (χ4v) is 6.57. The van der Waals surface area contributed by atoms with Crippen molar-refractivity contribution >= 4 is 11.7 Å². The van der Waals surface area contributed by atoms with Crippen LogP contribution in [0.2, 0.25) is 0 Å². The minimum atomic E-state index is -0.516. The van der Waals surface area contributed by atoms with Gasteiger partial charge in [0.15, 0.2) is 0 Å². The molecule has 1 N–H and O–H groups in total. The zero-order chi connectivity index (χ0) is 21.8. The number of fused-ring (bicyclic) bond motifs is 2. The van der Waals surface area contributed by atoms with Crippen molar-refractivity contribution in [2.45, 2.75) is 52.2 Å². The Morgan fingerprint density at radius 2 is 2.00 bits per heavy atom. The molecular formula is C26H36N2O3. The van der Waals surface area contributed by atoms with Crippen LogP contribution in [0.25, 0.3) is 0 Å². The van der Waals surface area contributed by atoms with E-state index in [0.717, 1.165) is 45.4 Å². The Hall–Kier alpha value is -1.85. The maximum atomic E-state index is 12.9. The molecule has 168 valence electrons. The first kappa shape index (κ1) is 21.0. The number of esters is 1. The average molecular weight is 425 g/mol. The lowest BCUT2D eigenvalue weighted by atomic mass is 9.55. The number of hydrogen-bond donors (Lipinski definition) is 1. The van der Waals surface area contributed by atoms with Crippen molar-refractivity contribution in [1.29, 1.82) is 0 Å². The highest BCUT2D eigenvalue weighted by Crippen LogP contribution is 2.56. The van der Waals surface area contributed by atoms with Crippen molar-refractivity contribution < 1.29 is 14.6 Å². The average Bonchev–Trinajstić information content (AvgIpc) is 3.06. The lowest BCUT2D eigenvalue weighted by Gasteiger charge is -2.52. The van der Waals surface area contributed by atoms with Crippen LogP contribution in [-0.2, 0) is 9.53 Å². The first-order valence-electron chi connectivity index (χ1n) is 12.0.